The molecule has 0 unspecified atom stereocenters. The van der Waals surface area contributed by atoms with E-state index in [-0.39, 0.29) is 12.2 Å². The quantitative estimate of drug-likeness (QED) is 0.818. The van der Waals surface area contributed by atoms with Crippen molar-refractivity contribution in [3.05, 3.63) is 18.3 Å². The minimum absolute atomic E-state index is 0.131. The van der Waals surface area contributed by atoms with Crippen LogP contribution in [0.4, 0.5) is 0 Å². The number of hydrogen-bond acceptors (Lipinski definition) is 8. The fourth-order valence-corrected chi connectivity index (χ4v) is 2.76. The Balaban J connectivity index is 1.43. The van der Waals surface area contributed by atoms with Crippen LogP contribution in [0.25, 0.3) is 11.6 Å². The van der Waals surface area contributed by atoms with Crippen LogP contribution in [0, 0.1) is 5.92 Å². The van der Waals surface area contributed by atoms with Crippen molar-refractivity contribution in [2.24, 2.45) is 5.92 Å². The number of hydrogen-bond donors (Lipinski definition) is 0. The van der Waals surface area contributed by atoms with E-state index in [2.05, 4.69) is 32.1 Å². The first-order valence-corrected chi connectivity index (χ1v) is 8.30. The topological polar surface area (TPSA) is 86.4 Å². The van der Waals surface area contributed by atoms with Gasteiger partial charge in [-0.1, -0.05) is 0 Å². The van der Waals surface area contributed by atoms with Gasteiger partial charge in [-0.2, -0.15) is 0 Å². The van der Waals surface area contributed by atoms with E-state index in [1.165, 1.54) is 12.8 Å². The third kappa shape index (κ3) is 3.54. The predicted molar refractivity (Wildman–Crippen MR) is 84.3 cm³/mol. The summed E-state index contributed by atoms with van der Waals surface area (Å²) in [7, 11) is 2.05. The van der Waals surface area contributed by atoms with Gasteiger partial charge in [0.15, 0.2) is 0 Å². The number of morpholine rings is 1. The highest BCUT2D eigenvalue weighted by Crippen LogP contribution is 2.29. The Labute approximate surface area is 140 Å². The largest absolute Gasteiger partial charge is 0.476 e. The molecule has 24 heavy (non-hydrogen) atoms. The molecule has 0 aromatic carbocycles. The maximum Gasteiger partial charge on any atom is 0.267 e. The molecule has 4 rings (SSSR count). The van der Waals surface area contributed by atoms with Gasteiger partial charge in [0, 0.05) is 13.1 Å². The third-order valence-electron chi connectivity index (χ3n) is 4.17. The molecular formula is C16H21N5O3. The van der Waals surface area contributed by atoms with Gasteiger partial charge in [-0.25, -0.2) is 9.97 Å². The van der Waals surface area contributed by atoms with Gasteiger partial charge in [0.05, 0.1) is 25.1 Å². The molecule has 1 aliphatic heterocycles. The van der Waals surface area contributed by atoms with E-state index in [4.69, 9.17) is 13.9 Å². The van der Waals surface area contributed by atoms with Crippen molar-refractivity contribution in [1.29, 1.82) is 0 Å². The summed E-state index contributed by atoms with van der Waals surface area (Å²) < 4.78 is 17.2. The van der Waals surface area contributed by atoms with Gasteiger partial charge < -0.3 is 18.8 Å². The highest BCUT2D eigenvalue weighted by atomic mass is 16.5. The minimum atomic E-state index is -0.214. The molecule has 0 spiro atoms. The summed E-state index contributed by atoms with van der Waals surface area (Å²) in [4.78, 5) is 10.7. The second-order valence-electron chi connectivity index (χ2n) is 6.60. The van der Waals surface area contributed by atoms with Crippen molar-refractivity contribution in [2.75, 3.05) is 26.7 Å². The number of aromatic nitrogens is 4. The highest BCUT2D eigenvalue weighted by Gasteiger charge is 2.29. The molecule has 128 valence electrons. The minimum Gasteiger partial charge on any atom is -0.476 e. The Morgan fingerprint density at radius 3 is 2.79 bits per heavy atom. The van der Waals surface area contributed by atoms with Crippen LogP contribution < -0.4 is 4.74 Å². The molecule has 2 aromatic heterocycles. The molecule has 0 bridgehead atoms. The van der Waals surface area contributed by atoms with Crippen LogP contribution >= 0.6 is 0 Å². The fraction of sp³-hybridized carbons (Fsp3) is 0.625. The highest BCUT2D eigenvalue weighted by molar-refractivity contribution is 5.44. The molecule has 8 heteroatoms. The number of likely N-dealkylation sites (N-methyl/N-ethyl adjacent to an activating group) is 1. The van der Waals surface area contributed by atoms with Gasteiger partial charge in [0.25, 0.3) is 5.89 Å². The average molecular weight is 331 g/mol. The number of rotatable bonds is 5. The zero-order valence-corrected chi connectivity index (χ0v) is 13.9. The number of ether oxygens (including phenoxy) is 2. The molecule has 2 fully saturated rings. The molecule has 2 aliphatic rings. The molecule has 1 aliphatic carbocycles. The van der Waals surface area contributed by atoms with Crippen molar-refractivity contribution in [1.82, 2.24) is 25.1 Å². The molecule has 1 saturated carbocycles. The molecule has 3 heterocycles. The summed E-state index contributed by atoms with van der Waals surface area (Å²) in [5.41, 5.74) is 0.532. The van der Waals surface area contributed by atoms with Gasteiger partial charge in [0.1, 0.15) is 11.8 Å². The second-order valence-corrected chi connectivity index (χ2v) is 6.60. The second kappa shape index (κ2) is 6.45. The lowest BCUT2D eigenvalue weighted by atomic mass is 10.2. The van der Waals surface area contributed by atoms with Crippen molar-refractivity contribution < 1.29 is 13.9 Å². The van der Waals surface area contributed by atoms with Crippen molar-refractivity contribution in [3.63, 3.8) is 0 Å². The summed E-state index contributed by atoms with van der Waals surface area (Å²) in [5, 5.41) is 8.18. The first-order valence-electron chi connectivity index (χ1n) is 8.30. The van der Waals surface area contributed by atoms with Crippen LogP contribution in [-0.4, -0.2) is 57.9 Å². The van der Waals surface area contributed by atoms with Gasteiger partial charge in [0.2, 0.25) is 11.8 Å². The Kier molecular flexibility index (Phi) is 4.15. The third-order valence-corrected chi connectivity index (χ3v) is 4.17. The van der Waals surface area contributed by atoms with Crippen molar-refractivity contribution in [2.45, 2.75) is 32.0 Å². The normalized spacial score (nSPS) is 24.9. The lowest BCUT2D eigenvalue weighted by Crippen LogP contribution is -2.40. The van der Waals surface area contributed by atoms with E-state index in [1.54, 1.807) is 12.4 Å². The average Bonchev–Trinajstić information content (AvgIpc) is 3.27. The van der Waals surface area contributed by atoms with Gasteiger partial charge in [-0.3, -0.25) is 0 Å². The predicted octanol–water partition coefficient (Wildman–Crippen LogP) is 1.71. The maximum absolute atomic E-state index is 5.88. The Morgan fingerprint density at radius 1 is 1.21 bits per heavy atom. The molecule has 0 amide bonds. The zero-order chi connectivity index (χ0) is 16.5. The van der Waals surface area contributed by atoms with E-state index < -0.39 is 0 Å². The van der Waals surface area contributed by atoms with E-state index in [1.807, 2.05) is 6.92 Å². The van der Waals surface area contributed by atoms with Crippen LogP contribution in [-0.2, 0) is 4.74 Å². The molecule has 2 aromatic rings. The molecule has 1 saturated heterocycles. The van der Waals surface area contributed by atoms with Crippen molar-refractivity contribution in [3.8, 4) is 17.5 Å². The van der Waals surface area contributed by atoms with Gasteiger partial charge in [-0.05, 0) is 32.7 Å². The lowest BCUT2D eigenvalue weighted by Gasteiger charge is -2.32. The summed E-state index contributed by atoms with van der Waals surface area (Å²) in [6, 6.07) is 0. The van der Waals surface area contributed by atoms with Crippen LogP contribution in [0.1, 0.15) is 31.8 Å². The zero-order valence-electron chi connectivity index (χ0n) is 13.9. The summed E-state index contributed by atoms with van der Waals surface area (Å²) in [6.07, 6.45) is 5.59. The monoisotopic (exact) mass is 331 g/mol. The van der Waals surface area contributed by atoms with E-state index in [0.717, 1.165) is 13.1 Å². The standard InChI is InChI=1S/C16H21N5O3/c1-10-7-21(2)8-13(23-10)16-20-19-15(24-16)12-5-18-14(6-17-12)22-9-11-3-4-11/h5-6,10-11,13H,3-4,7-9H2,1-2H3/t10-,13-/m1/s1. The van der Waals surface area contributed by atoms with Crippen LogP contribution in [0.15, 0.2) is 16.8 Å². The molecule has 2 atom stereocenters. The summed E-state index contributed by atoms with van der Waals surface area (Å²) in [5.74, 6) is 2.02. The Bertz CT molecular complexity index is 675. The Hall–Kier alpha value is -2.06. The van der Waals surface area contributed by atoms with E-state index in [0.29, 0.717) is 35.9 Å². The van der Waals surface area contributed by atoms with Crippen molar-refractivity contribution >= 4 is 0 Å². The first-order chi connectivity index (χ1) is 11.7. The van der Waals surface area contributed by atoms with Gasteiger partial charge in [-0.15, -0.1) is 10.2 Å². The Morgan fingerprint density at radius 2 is 2.08 bits per heavy atom. The molecular weight excluding hydrogens is 310 g/mol. The smallest absolute Gasteiger partial charge is 0.267 e. The van der Waals surface area contributed by atoms with Crippen LogP contribution in [0.2, 0.25) is 0 Å². The molecule has 0 N–H and O–H groups in total. The SMILES string of the molecule is C[C@@H]1CN(C)C[C@H](c2nnc(-c3cnc(OCC4CC4)cn3)o2)O1. The van der Waals surface area contributed by atoms with Gasteiger partial charge >= 0.3 is 0 Å². The lowest BCUT2D eigenvalue weighted by molar-refractivity contribution is -0.0821. The molecule has 0 radical (unpaired) electrons. The van der Waals surface area contributed by atoms with Crippen LogP contribution in [0.5, 0.6) is 5.88 Å². The maximum atomic E-state index is 5.88. The van der Waals surface area contributed by atoms with E-state index in [9.17, 15) is 0 Å². The molecule has 8 nitrogen and oxygen atoms in total. The van der Waals surface area contributed by atoms with E-state index >= 15 is 0 Å². The van der Waals surface area contributed by atoms with Crippen LogP contribution in [0.3, 0.4) is 0 Å². The number of nitrogens with zero attached hydrogens (tertiary/aromatic N) is 5. The first kappa shape index (κ1) is 15.5. The summed E-state index contributed by atoms with van der Waals surface area (Å²) >= 11 is 0. The summed E-state index contributed by atoms with van der Waals surface area (Å²) in [6.45, 7) is 4.37. The fourth-order valence-electron chi connectivity index (χ4n) is 2.76.